The number of piperazine rings is 1. The van der Waals surface area contributed by atoms with Crippen LogP contribution in [0.15, 0.2) is 36.4 Å². The van der Waals surface area contributed by atoms with Crippen LogP contribution >= 0.6 is 11.5 Å². The lowest BCUT2D eigenvalue weighted by molar-refractivity contribution is 0.231. The highest BCUT2D eigenvalue weighted by atomic mass is 32.1. The summed E-state index contributed by atoms with van der Waals surface area (Å²) < 4.78 is 4.20. The Morgan fingerprint density at radius 1 is 1.20 bits per heavy atom. The Hall–Kier alpha value is -1.59. The lowest BCUT2D eigenvalue weighted by Crippen LogP contribution is -2.45. The van der Waals surface area contributed by atoms with Crippen molar-refractivity contribution in [3.05, 3.63) is 42.0 Å². The molecule has 2 atom stereocenters. The van der Waals surface area contributed by atoms with Crippen LogP contribution in [0.25, 0.3) is 0 Å². The van der Waals surface area contributed by atoms with Crippen LogP contribution in [0, 0.1) is 0 Å². The van der Waals surface area contributed by atoms with E-state index in [9.17, 15) is 0 Å². The Morgan fingerprint density at radius 3 is 2.70 bits per heavy atom. The van der Waals surface area contributed by atoms with Crippen molar-refractivity contribution in [3.63, 3.8) is 0 Å². The summed E-state index contributed by atoms with van der Waals surface area (Å²) in [6.07, 6.45) is 1.27. The fourth-order valence-corrected chi connectivity index (χ4v) is 4.20. The summed E-state index contributed by atoms with van der Waals surface area (Å²) in [5, 5.41) is 1.23. The van der Waals surface area contributed by atoms with E-state index in [1.807, 2.05) is 6.07 Å². The van der Waals surface area contributed by atoms with Crippen molar-refractivity contribution in [3.8, 4) is 0 Å². The minimum atomic E-state index is 0.628. The number of fused-ring (bicyclic) bond motifs is 2. The van der Waals surface area contributed by atoms with Crippen molar-refractivity contribution < 1.29 is 0 Å². The van der Waals surface area contributed by atoms with Crippen LogP contribution in [0.3, 0.4) is 0 Å². The van der Waals surface area contributed by atoms with Crippen LogP contribution in [0.2, 0.25) is 0 Å². The van der Waals surface area contributed by atoms with Gasteiger partial charge in [0.15, 0.2) is 0 Å². The van der Waals surface area contributed by atoms with E-state index in [2.05, 4.69) is 44.5 Å². The highest BCUT2D eigenvalue weighted by molar-refractivity contribution is 7.10. The van der Waals surface area contributed by atoms with E-state index < -0.39 is 0 Å². The Balaban J connectivity index is 1.45. The Labute approximate surface area is 123 Å². The van der Waals surface area contributed by atoms with Crippen molar-refractivity contribution in [1.29, 1.82) is 0 Å². The van der Waals surface area contributed by atoms with Crippen molar-refractivity contribution in [2.24, 2.45) is 0 Å². The van der Waals surface area contributed by atoms with Gasteiger partial charge in [0, 0.05) is 37.8 Å². The second-order valence-corrected chi connectivity index (χ2v) is 6.48. The molecule has 2 N–H and O–H groups in total. The van der Waals surface area contributed by atoms with Crippen molar-refractivity contribution >= 4 is 22.4 Å². The van der Waals surface area contributed by atoms with Gasteiger partial charge < -0.3 is 10.6 Å². The molecular weight excluding hydrogens is 268 g/mol. The number of likely N-dealkylation sites (tertiary alicyclic amines) is 1. The van der Waals surface area contributed by atoms with Gasteiger partial charge in [-0.25, -0.2) is 0 Å². The van der Waals surface area contributed by atoms with Gasteiger partial charge >= 0.3 is 0 Å². The molecule has 0 amide bonds. The third-order valence-corrected chi connectivity index (χ3v) is 5.22. The first-order valence-corrected chi connectivity index (χ1v) is 7.84. The normalized spacial score (nSPS) is 25.5. The van der Waals surface area contributed by atoms with Crippen molar-refractivity contribution in [2.75, 3.05) is 23.7 Å². The first-order chi connectivity index (χ1) is 9.79. The molecule has 2 bridgehead atoms. The summed E-state index contributed by atoms with van der Waals surface area (Å²) >= 11 is 1.52. The molecule has 3 heterocycles. The first-order valence-electron chi connectivity index (χ1n) is 7.06. The minimum absolute atomic E-state index is 0.628. The number of anilines is 2. The number of rotatable bonds is 3. The Bertz CT molecular complexity index is 597. The van der Waals surface area contributed by atoms with Crippen LogP contribution in [-0.2, 0) is 6.54 Å². The molecule has 1 aromatic carbocycles. The second-order valence-electron chi connectivity index (χ2n) is 5.70. The summed E-state index contributed by atoms with van der Waals surface area (Å²) in [6.45, 7) is 3.33. The zero-order valence-corrected chi connectivity index (χ0v) is 12.1. The van der Waals surface area contributed by atoms with E-state index in [4.69, 9.17) is 5.73 Å². The van der Waals surface area contributed by atoms with Gasteiger partial charge in [-0.15, -0.1) is 0 Å². The molecule has 2 aromatic rings. The predicted octanol–water partition coefficient (Wildman–Crippen LogP) is 2.19. The number of benzene rings is 1. The van der Waals surface area contributed by atoms with Crippen LogP contribution in [0.1, 0.15) is 12.0 Å². The fourth-order valence-electron chi connectivity index (χ4n) is 3.44. The largest absolute Gasteiger partial charge is 0.383 e. The zero-order chi connectivity index (χ0) is 13.5. The van der Waals surface area contributed by atoms with E-state index in [1.165, 1.54) is 28.5 Å². The maximum Gasteiger partial charge on any atom is 0.139 e. The lowest BCUT2D eigenvalue weighted by atomic mass is 10.2. The number of nitrogens with two attached hydrogens (primary N) is 1. The molecule has 1 aromatic heterocycles. The van der Waals surface area contributed by atoms with Gasteiger partial charge in [-0.2, -0.15) is 4.37 Å². The summed E-state index contributed by atoms with van der Waals surface area (Å²) in [6, 6.07) is 14.1. The van der Waals surface area contributed by atoms with Gasteiger partial charge in [0.05, 0.1) is 0 Å². The van der Waals surface area contributed by atoms with Gasteiger partial charge in [0.2, 0.25) is 0 Å². The summed E-state index contributed by atoms with van der Waals surface area (Å²) in [4.78, 5) is 5.10. The number of hydrogen-bond acceptors (Lipinski definition) is 5. The molecule has 2 unspecified atom stereocenters. The third-order valence-electron chi connectivity index (χ3n) is 4.38. The number of aromatic nitrogens is 1. The lowest BCUT2D eigenvalue weighted by Gasteiger charge is -2.34. The van der Waals surface area contributed by atoms with Gasteiger partial charge in [0.1, 0.15) is 10.8 Å². The number of nitrogen functional groups attached to an aromatic ring is 1. The highest BCUT2D eigenvalue weighted by Crippen LogP contribution is 2.37. The maximum atomic E-state index is 5.74. The molecular formula is C15H18N4S. The van der Waals surface area contributed by atoms with Crippen LogP contribution < -0.4 is 10.6 Å². The SMILES string of the molecule is Nc1cc(N2CC3CC2CN3Cc2ccccc2)sn1. The van der Waals surface area contributed by atoms with E-state index in [0.29, 0.717) is 17.9 Å². The highest BCUT2D eigenvalue weighted by Gasteiger charge is 2.43. The molecule has 20 heavy (non-hydrogen) atoms. The third kappa shape index (κ3) is 2.07. The van der Waals surface area contributed by atoms with Gasteiger partial charge in [-0.1, -0.05) is 30.3 Å². The Kier molecular flexibility index (Phi) is 2.89. The molecule has 2 aliphatic rings. The summed E-state index contributed by atoms with van der Waals surface area (Å²) in [7, 11) is 0. The molecule has 0 aliphatic carbocycles. The average Bonchev–Trinajstić information content (AvgIpc) is 3.14. The molecule has 0 saturated carbocycles. The van der Waals surface area contributed by atoms with E-state index >= 15 is 0 Å². The molecule has 2 fully saturated rings. The number of nitrogens with zero attached hydrogens (tertiary/aromatic N) is 3. The smallest absolute Gasteiger partial charge is 0.139 e. The van der Waals surface area contributed by atoms with Crippen LogP contribution in [-0.4, -0.2) is 34.4 Å². The predicted molar refractivity (Wildman–Crippen MR) is 82.9 cm³/mol. The molecule has 104 valence electrons. The van der Waals surface area contributed by atoms with Gasteiger partial charge in [-0.05, 0) is 23.5 Å². The quantitative estimate of drug-likeness (QED) is 0.939. The van der Waals surface area contributed by atoms with E-state index in [1.54, 1.807) is 0 Å². The molecule has 0 spiro atoms. The molecule has 4 nitrogen and oxygen atoms in total. The standard InChI is InChI=1S/C15H18N4S/c16-14-7-15(20-17-14)19-10-12-6-13(19)9-18(12)8-11-4-2-1-3-5-11/h1-5,7,12-13H,6,8-10H2,(H2,16,17). The van der Waals surface area contributed by atoms with Crippen LogP contribution in [0.4, 0.5) is 10.8 Å². The molecule has 2 aliphatic heterocycles. The average molecular weight is 286 g/mol. The van der Waals surface area contributed by atoms with Crippen LogP contribution in [0.5, 0.6) is 0 Å². The van der Waals surface area contributed by atoms with Gasteiger partial charge in [0.25, 0.3) is 0 Å². The second kappa shape index (κ2) is 4.75. The van der Waals surface area contributed by atoms with E-state index in [0.717, 1.165) is 19.6 Å². The first kappa shape index (κ1) is 12.2. The van der Waals surface area contributed by atoms with Crippen molar-refractivity contribution in [2.45, 2.75) is 25.0 Å². The molecule has 0 radical (unpaired) electrons. The number of hydrogen-bond donors (Lipinski definition) is 1. The summed E-state index contributed by atoms with van der Waals surface area (Å²) in [5.41, 5.74) is 7.15. The summed E-state index contributed by atoms with van der Waals surface area (Å²) in [5.74, 6) is 0.647. The maximum absolute atomic E-state index is 5.74. The van der Waals surface area contributed by atoms with E-state index in [-0.39, 0.29) is 0 Å². The van der Waals surface area contributed by atoms with Gasteiger partial charge in [-0.3, -0.25) is 4.90 Å². The molecule has 5 heteroatoms. The molecule has 4 rings (SSSR count). The molecule has 2 saturated heterocycles. The topological polar surface area (TPSA) is 45.4 Å². The monoisotopic (exact) mass is 286 g/mol. The fraction of sp³-hybridized carbons (Fsp3) is 0.400. The Morgan fingerprint density at radius 2 is 2.05 bits per heavy atom. The minimum Gasteiger partial charge on any atom is -0.383 e. The van der Waals surface area contributed by atoms with Crippen molar-refractivity contribution in [1.82, 2.24) is 9.27 Å². The zero-order valence-electron chi connectivity index (χ0n) is 11.3.